The molecule has 1 aromatic heterocycles. The van der Waals surface area contributed by atoms with Crippen LogP contribution >= 0.6 is 0 Å². The number of likely N-dealkylation sites (N-methyl/N-ethyl adjacent to an activating group) is 1. The van der Waals surface area contributed by atoms with E-state index in [9.17, 15) is 24.0 Å². The number of nitrogens with one attached hydrogen (secondary N) is 2. The molecule has 12 nitrogen and oxygen atoms in total. The first-order chi connectivity index (χ1) is 19.0. The van der Waals surface area contributed by atoms with E-state index in [1.165, 1.54) is 33.4 Å². The number of ether oxygens (including phenoxy) is 1. The minimum atomic E-state index is -1.50. The van der Waals surface area contributed by atoms with E-state index in [1.54, 1.807) is 13.1 Å². The summed E-state index contributed by atoms with van der Waals surface area (Å²) in [6.07, 6.45) is 3.49. The van der Waals surface area contributed by atoms with Crippen LogP contribution in [0.25, 0.3) is 0 Å². The third-order valence-corrected chi connectivity index (χ3v) is 6.64. The third-order valence-electron chi connectivity index (χ3n) is 6.64. The summed E-state index contributed by atoms with van der Waals surface area (Å²) < 4.78 is 33.4. The van der Waals surface area contributed by atoms with Crippen LogP contribution < -0.4 is 20.3 Å². The molecule has 1 fully saturated rings. The van der Waals surface area contributed by atoms with Gasteiger partial charge in [-0.15, -0.1) is 0 Å². The van der Waals surface area contributed by atoms with Gasteiger partial charge in [-0.1, -0.05) is 0 Å². The smallest absolute Gasteiger partial charge is 0.294 e. The predicted octanol–water partition coefficient (Wildman–Crippen LogP) is 4.31. The van der Waals surface area contributed by atoms with Gasteiger partial charge in [0.2, 0.25) is 11.9 Å². The maximum Gasteiger partial charge on any atom is 0.294 e. The Morgan fingerprint density at radius 2 is 1.73 bits per heavy atom. The van der Waals surface area contributed by atoms with E-state index in [4.69, 9.17) is 4.74 Å². The average Bonchev–Trinajstić information content (AvgIpc) is 3.42. The van der Waals surface area contributed by atoms with E-state index in [2.05, 4.69) is 30.5 Å². The van der Waals surface area contributed by atoms with Gasteiger partial charge < -0.3 is 30.3 Å². The molecular formula is C26H32F2N8O4. The van der Waals surface area contributed by atoms with Crippen LogP contribution in [0.15, 0.2) is 30.6 Å². The number of nitro benzene ring substituents is 1. The fourth-order valence-electron chi connectivity index (χ4n) is 4.51. The second-order valence-electron chi connectivity index (χ2n) is 10.0. The van der Waals surface area contributed by atoms with Crippen LogP contribution in [0.2, 0.25) is 0 Å². The highest BCUT2D eigenvalue weighted by Gasteiger charge is 2.25. The standard InChI is InChI=1S/C26H32F2N8O4/c1-26(2,37)16-11-17(27)18(28)12-19(16)31-24-29-15-30-25(33-24)32-20-13-22(36(38)39)21(14-23(20)40-4)34(3)9-10-35-7-5-6-8-35/h11-15,37H,5-10H2,1-4H3,(H2,29,30,31,32,33). The van der Waals surface area contributed by atoms with Crippen LogP contribution in [0.5, 0.6) is 5.75 Å². The lowest BCUT2D eigenvalue weighted by Crippen LogP contribution is -2.31. The fraction of sp³-hybridized carbons (Fsp3) is 0.423. The SMILES string of the molecule is COc1cc(N(C)CCN2CCCC2)c([N+](=O)[O-])cc1Nc1ncnc(Nc2cc(F)c(F)cc2C(C)(C)O)n1. The van der Waals surface area contributed by atoms with E-state index in [-0.39, 0.29) is 34.5 Å². The average molecular weight is 559 g/mol. The number of nitrogens with zero attached hydrogens (tertiary/aromatic N) is 6. The van der Waals surface area contributed by atoms with Crippen molar-refractivity contribution in [1.29, 1.82) is 0 Å². The van der Waals surface area contributed by atoms with Gasteiger partial charge in [-0.25, -0.2) is 18.7 Å². The Kier molecular flexibility index (Phi) is 8.59. The summed E-state index contributed by atoms with van der Waals surface area (Å²) in [7, 11) is 3.25. The second kappa shape index (κ2) is 11.9. The normalized spacial score (nSPS) is 13.8. The molecule has 3 N–H and O–H groups in total. The molecule has 0 unspecified atom stereocenters. The molecule has 0 saturated carbocycles. The van der Waals surface area contributed by atoms with Gasteiger partial charge in [-0.3, -0.25) is 10.1 Å². The quantitative estimate of drug-likeness (QED) is 0.229. The molecule has 214 valence electrons. The summed E-state index contributed by atoms with van der Waals surface area (Å²) in [5, 5.41) is 28.1. The summed E-state index contributed by atoms with van der Waals surface area (Å²) in [6, 6.07) is 4.72. The number of methoxy groups -OCH3 is 1. The minimum Gasteiger partial charge on any atom is -0.494 e. The number of likely N-dealkylation sites (tertiary alicyclic amines) is 1. The summed E-state index contributed by atoms with van der Waals surface area (Å²) in [4.78, 5) is 28.0. The Labute approximate surface area is 230 Å². The molecule has 2 aromatic carbocycles. The highest BCUT2D eigenvalue weighted by molar-refractivity contribution is 5.76. The number of nitro groups is 1. The zero-order chi connectivity index (χ0) is 29.0. The molecule has 14 heteroatoms. The first kappa shape index (κ1) is 28.8. The molecule has 1 aliphatic heterocycles. The van der Waals surface area contributed by atoms with Crippen molar-refractivity contribution in [2.24, 2.45) is 0 Å². The van der Waals surface area contributed by atoms with Crippen molar-refractivity contribution in [3.05, 3.63) is 57.9 Å². The Morgan fingerprint density at radius 3 is 2.33 bits per heavy atom. The number of aliphatic hydroxyl groups is 1. The Hall–Kier alpha value is -4.17. The number of hydrogen-bond donors (Lipinski definition) is 3. The number of halogens is 2. The molecule has 0 spiro atoms. The Morgan fingerprint density at radius 1 is 1.10 bits per heavy atom. The van der Waals surface area contributed by atoms with Crippen molar-refractivity contribution < 1.29 is 23.5 Å². The highest BCUT2D eigenvalue weighted by atomic mass is 19.2. The lowest BCUT2D eigenvalue weighted by Gasteiger charge is -2.24. The van der Waals surface area contributed by atoms with Crippen LogP contribution in [-0.4, -0.2) is 70.2 Å². The van der Waals surface area contributed by atoms with Gasteiger partial charge in [0.15, 0.2) is 11.6 Å². The first-order valence-electron chi connectivity index (χ1n) is 12.7. The molecule has 0 radical (unpaired) electrons. The first-order valence-corrected chi connectivity index (χ1v) is 12.7. The summed E-state index contributed by atoms with van der Waals surface area (Å²) in [5.41, 5.74) is -0.840. The van der Waals surface area contributed by atoms with Crippen molar-refractivity contribution in [2.75, 3.05) is 55.9 Å². The Balaban J connectivity index is 1.59. The van der Waals surface area contributed by atoms with Gasteiger partial charge in [0, 0.05) is 43.9 Å². The highest BCUT2D eigenvalue weighted by Crippen LogP contribution is 2.39. The molecule has 0 aliphatic carbocycles. The molecule has 4 rings (SSSR count). The van der Waals surface area contributed by atoms with Gasteiger partial charge in [0.25, 0.3) is 5.69 Å². The third kappa shape index (κ3) is 6.69. The molecule has 3 aromatic rings. The molecule has 0 bridgehead atoms. The zero-order valence-corrected chi connectivity index (χ0v) is 22.7. The maximum absolute atomic E-state index is 14.0. The minimum absolute atomic E-state index is 0.00706. The van der Waals surface area contributed by atoms with Crippen molar-refractivity contribution in [1.82, 2.24) is 19.9 Å². The van der Waals surface area contributed by atoms with Gasteiger partial charge >= 0.3 is 0 Å². The lowest BCUT2D eigenvalue weighted by atomic mass is 9.96. The fourth-order valence-corrected chi connectivity index (χ4v) is 4.51. The largest absolute Gasteiger partial charge is 0.494 e. The summed E-state index contributed by atoms with van der Waals surface area (Å²) in [6.45, 7) is 6.32. The van der Waals surface area contributed by atoms with Gasteiger partial charge in [0.05, 0.1) is 29.0 Å². The van der Waals surface area contributed by atoms with E-state index in [1.807, 2.05) is 4.90 Å². The Bertz CT molecular complexity index is 1380. The molecule has 0 atom stereocenters. The van der Waals surface area contributed by atoms with Gasteiger partial charge in [-0.2, -0.15) is 4.98 Å². The summed E-state index contributed by atoms with van der Waals surface area (Å²) in [5.74, 6) is -1.94. The molecule has 0 amide bonds. The topological polar surface area (TPSA) is 142 Å². The number of rotatable bonds is 11. The number of aromatic nitrogens is 3. The van der Waals surface area contributed by atoms with E-state index < -0.39 is 22.2 Å². The molecule has 1 aliphatic rings. The molecule has 1 saturated heterocycles. The van der Waals surface area contributed by atoms with Crippen molar-refractivity contribution in [3.8, 4) is 5.75 Å². The van der Waals surface area contributed by atoms with Crippen molar-refractivity contribution in [3.63, 3.8) is 0 Å². The van der Waals surface area contributed by atoms with Crippen LogP contribution in [0, 0.1) is 21.7 Å². The van der Waals surface area contributed by atoms with E-state index in [0.717, 1.165) is 44.6 Å². The lowest BCUT2D eigenvalue weighted by molar-refractivity contribution is -0.384. The molecule has 2 heterocycles. The van der Waals surface area contributed by atoms with E-state index in [0.29, 0.717) is 18.0 Å². The number of anilines is 5. The number of hydrogen-bond acceptors (Lipinski definition) is 11. The van der Waals surface area contributed by atoms with Crippen molar-refractivity contribution >= 4 is 34.6 Å². The van der Waals surface area contributed by atoms with Crippen LogP contribution in [0.4, 0.5) is 43.4 Å². The zero-order valence-electron chi connectivity index (χ0n) is 22.7. The monoisotopic (exact) mass is 558 g/mol. The van der Waals surface area contributed by atoms with Crippen LogP contribution in [0.3, 0.4) is 0 Å². The van der Waals surface area contributed by atoms with E-state index >= 15 is 0 Å². The van der Waals surface area contributed by atoms with Gasteiger partial charge in [-0.05, 0) is 45.8 Å². The van der Waals surface area contributed by atoms with Crippen LogP contribution in [-0.2, 0) is 5.60 Å². The van der Waals surface area contributed by atoms with Crippen LogP contribution in [0.1, 0.15) is 32.3 Å². The second-order valence-corrected chi connectivity index (χ2v) is 10.0. The molecular weight excluding hydrogens is 526 g/mol. The van der Waals surface area contributed by atoms with Gasteiger partial charge in [0.1, 0.15) is 17.8 Å². The maximum atomic E-state index is 14.0. The number of benzene rings is 2. The molecule has 40 heavy (non-hydrogen) atoms. The van der Waals surface area contributed by atoms with Crippen molar-refractivity contribution in [2.45, 2.75) is 32.3 Å². The predicted molar refractivity (Wildman–Crippen MR) is 147 cm³/mol. The summed E-state index contributed by atoms with van der Waals surface area (Å²) >= 11 is 0.